The van der Waals surface area contributed by atoms with Crippen LogP contribution in [0.3, 0.4) is 0 Å². The van der Waals surface area contributed by atoms with E-state index in [1.807, 2.05) is 6.92 Å². The molecular weight excluding hydrogens is 304 g/mol. The Morgan fingerprint density at radius 2 is 2.00 bits per heavy atom. The summed E-state index contributed by atoms with van der Waals surface area (Å²) in [5, 5.41) is 14.2. The number of aromatic nitrogens is 2. The smallest absolute Gasteiger partial charge is 0.293 e. The van der Waals surface area contributed by atoms with Crippen molar-refractivity contribution in [3.63, 3.8) is 0 Å². The summed E-state index contributed by atoms with van der Waals surface area (Å²) >= 11 is 1.17. The molecule has 1 amide bonds. The number of benzene rings is 1. The summed E-state index contributed by atoms with van der Waals surface area (Å²) in [6.07, 6.45) is 3.17. The van der Waals surface area contributed by atoms with Gasteiger partial charge in [0.05, 0.1) is 10.7 Å². The predicted octanol–water partition coefficient (Wildman–Crippen LogP) is 2.73. The maximum absolute atomic E-state index is 12.0. The molecular formula is C14H14N4O3S. The molecule has 0 bridgehead atoms. The molecule has 1 aromatic carbocycles. The highest BCUT2D eigenvalue weighted by Gasteiger charge is 2.19. The van der Waals surface area contributed by atoms with Crippen LogP contribution in [0.25, 0.3) is 0 Å². The van der Waals surface area contributed by atoms with Gasteiger partial charge < -0.3 is 5.32 Å². The first-order valence-electron chi connectivity index (χ1n) is 6.43. The Kier molecular flexibility index (Phi) is 5.05. The van der Waals surface area contributed by atoms with Gasteiger partial charge in [-0.25, -0.2) is 9.97 Å². The molecule has 114 valence electrons. The third kappa shape index (κ3) is 3.79. The van der Waals surface area contributed by atoms with Crippen molar-refractivity contribution in [2.24, 2.45) is 0 Å². The van der Waals surface area contributed by atoms with E-state index in [4.69, 9.17) is 0 Å². The Morgan fingerprint density at radius 3 is 2.64 bits per heavy atom. The molecule has 22 heavy (non-hydrogen) atoms. The van der Waals surface area contributed by atoms with Crippen molar-refractivity contribution in [2.45, 2.75) is 19.0 Å². The van der Waals surface area contributed by atoms with Gasteiger partial charge in [0, 0.05) is 18.5 Å². The topological polar surface area (TPSA) is 98.0 Å². The largest absolute Gasteiger partial charge is 0.319 e. The van der Waals surface area contributed by atoms with Crippen LogP contribution in [-0.4, -0.2) is 26.6 Å². The summed E-state index contributed by atoms with van der Waals surface area (Å²) in [6, 6.07) is 4.74. The number of nitro groups is 1. The summed E-state index contributed by atoms with van der Waals surface area (Å²) in [7, 11) is 0. The van der Waals surface area contributed by atoms with E-state index >= 15 is 0 Å². The highest BCUT2D eigenvalue weighted by atomic mass is 32.2. The van der Waals surface area contributed by atoms with Gasteiger partial charge in [0.2, 0.25) is 5.91 Å². The van der Waals surface area contributed by atoms with Crippen LogP contribution in [-0.2, 0) is 4.79 Å². The van der Waals surface area contributed by atoms with Crippen molar-refractivity contribution < 1.29 is 9.72 Å². The number of carbonyl (C=O) groups is 1. The molecule has 8 heteroatoms. The van der Waals surface area contributed by atoms with E-state index in [0.29, 0.717) is 10.7 Å². The number of carbonyl (C=O) groups excluding carboxylic acids is 1. The van der Waals surface area contributed by atoms with E-state index in [1.54, 1.807) is 31.5 Å². The normalized spacial score (nSPS) is 10.3. The first-order valence-corrected chi connectivity index (χ1v) is 7.42. The van der Waals surface area contributed by atoms with Crippen molar-refractivity contribution in [3.8, 4) is 0 Å². The van der Waals surface area contributed by atoms with E-state index in [0.717, 1.165) is 5.56 Å². The van der Waals surface area contributed by atoms with Gasteiger partial charge in [0.1, 0.15) is 5.69 Å². The molecule has 2 aromatic rings. The fourth-order valence-electron chi connectivity index (χ4n) is 1.78. The maximum Gasteiger partial charge on any atom is 0.293 e. The number of aryl methyl sites for hydroxylation is 1. The highest BCUT2D eigenvalue weighted by Crippen LogP contribution is 2.30. The number of rotatable bonds is 5. The minimum atomic E-state index is -0.504. The number of nitrogens with zero attached hydrogens (tertiary/aromatic N) is 3. The number of hydrogen-bond donors (Lipinski definition) is 1. The fourth-order valence-corrected chi connectivity index (χ4v) is 2.38. The highest BCUT2D eigenvalue weighted by molar-refractivity contribution is 7.99. The maximum atomic E-state index is 12.0. The van der Waals surface area contributed by atoms with Gasteiger partial charge >= 0.3 is 0 Å². The minimum Gasteiger partial charge on any atom is -0.319 e. The summed E-state index contributed by atoms with van der Waals surface area (Å²) in [5.41, 5.74) is 1.69. The van der Waals surface area contributed by atoms with E-state index in [2.05, 4.69) is 15.3 Å². The fraction of sp³-hybridized carbons (Fsp3) is 0.214. The van der Waals surface area contributed by atoms with E-state index in [-0.39, 0.29) is 23.0 Å². The molecule has 1 heterocycles. The van der Waals surface area contributed by atoms with Crippen molar-refractivity contribution in [1.82, 2.24) is 9.97 Å². The molecule has 0 radical (unpaired) electrons. The second-order valence-electron chi connectivity index (χ2n) is 4.53. The summed E-state index contributed by atoms with van der Waals surface area (Å²) in [5.74, 6) is -0.261. The first kappa shape index (κ1) is 15.9. The summed E-state index contributed by atoms with van der Waals surface area (Å²) < 4.78 is 0. The molecule has 0 spiro atoms. The average Bonchev–Trinajstić information content (AvgIpc) is 2.50. The first-order chi connectivity index (χ1) is 10.5. The van der Waals surface area contributed by atoms with Crippen LogP contribution in [0.2, 0.25) is 0 Å². The number of hydrogen-bond acceptors (Lipinski definition) is 6. The average molecular weight is 318 g/mol. The molecule has 1 N–H and O–H groups in total. The van der Waals surface area contributed by atoms with Gasteiger partial charge in [0.15, 0.2) is 5.16 Å². The van der Waals surface area contributed by atoms with Crippen molar-refractivity contribution in [3.05, 3.63) is 51.8 Å². The van der Waals surface area contributed by atoms with Gasteiger partial charge in [0.25, 0.3) is 5.69 Å². The van der Waals surface area contributed by atoms with E-state index in [1.165, 1.54) is 17.8 Å². The van der Waals surface area contributed by atoms with Crippen LogP contribution < -0.4 is 5.32 Å². The lowest BCUT2D eigenvalue weighted by Crippen LogP contribution is -2.16. The number of amides is 1. The van der Waals surface area contributed by atoms with Crippen LogP contribution in [0.1, 0.15) is 11.1 Å². The predicted molar refractivity (Wildman–Crippen MR) is 84.0 cm³/mol. The van der Waals surface area contributed by atoms with Crippen LogP contribution >= 0.6 is 11.8 Å². The number of thioether (sulfide) groups is 1. The molecule has 0 aliphatic rings. The van der Waals surface area contributed by atoms with Crippen molar-refractivity contribution in [1.29, 1.82) is 0 Å². The Hall–Kier alpha value is -2.48. The SMILES string of the molecule is Cc1ccc([N+](=O)[O-])c(NC(=O)CSc2ncccn2)c1C. The van der Waals surface area contributed by atoms with Gasteiger partial charge in [-0.05, 0) is 31.0 Å². The molecule has 0 unspecified atom stereocenters. The monoisotopic (exact) mass is 318 g/mol. The van der Waals surface area contributed by atoms with Crippen LogP contribution in [0.5, 0.6) is 0 Å². The Balaban J connectivity index is 2.11. The van der Waals surface area contributed by atoms with E-state index in [9.17, 15) is 14.9 Å². The summed E-state index contributed by atoms with van der Waals surface area (Å²) in [6.45, 7) is 3.58. The second kappa shape index (κ2) is 6.99. The van der Waals surface area contributed by atoms with Crippen LogP contribution in [0.4, 0.5) is 11.4 Å². The molecule has 0 saturated carbocycles. The molecule has 7 nitrogen and oxygen atoms in total. The van der Waals surface area contributed by atoms with Gasteiger partial charge in [-0.1, -0.05) is 17.8 Å². The zero-order valence-electron chi connectivity index (χ0n) is 12.1. The molecule has 0 atom stereocenters. The quantitative estimate of drug-likeness (QED) is 0.394. The van der Waals surface area contributed by atoms with Crippen molar-refractivity contribution in [2.75, 3.05) is 11.1 Å². The minimum absolute atomic E-state index is 0.0779. The second-order valence-corrected chi connectivity index (χ2v) is 5.47. The van der Waals surface area contributed by atoms with Crippen LogP contribution in [0, 0.1) is 24.0 Å². The van der Waals surface area contributed by atoms with Crippen molar-refractivity contribution >= 4 is 29.0 Å². The van der Waals surface area contributed by atoms with Gasteiger partial charge in [-0.2, -0.15) is 0 Å². The third-order valence-electron chi connectivity index (χ3n) is 3.05. The lowest BCUT2D eigenvalue weighted by molar-refractivity contribution is -0.384. The van der Waals surface area contributed by atoms with Gasteiger partial charge in [-0.3, -0.25) is 14.9 Å². The molecule has 0 aliphatic carbocycles. The Labute approximate surface area is 131 Å². The lowest BCUT2D eigenvalue weighted by atomic mass is 10.1. The third-order valence-corrected chi connectivity index (χ3v) is 3.92. The summed E-state index contributed by atoms with van der Waals surface area (Å²) in [4.78, 5) is 30.6. The van der Waals surface area contributed by atoms with Gasteiger partial charge in [-0.15, -0.1) is 0 Å². The molecule has 1 aromatic heterocycles. The number of anilines is 1. The molecule has 0 saturated heterocycles. The number of nitro benzene ring substituents is 1. The molecule has 2 rings (SSSR count). The van der Waals surface area contributed by atoms with Crippen LogP contribution in [0.15, 0.2) is 35.7 Å². The zero-order chi connectivity index (χ0) is 16.1. The standard InChI is InChI=1S/C14H14N4O3S/c1-9-4-5-11(18(20)21)13(10(9)2)17-12(19)8-22-14-15-6-3-7-16-14/h3-7H,8H2,1-2H3,(H,17,19). The molecule has 0 aliphatic heterocycles. The lowest BCUT2D eigenvalue weighted by Gasteiger charge is -2.10. The molecule has 0 fully saturated rings. The zero-order valence-corrected chi connectivity index (χ0v) is 12.9. The number of nitrogens with one attached hydrogen (secondary N) is 1. The Bertz CT molecular complexity index is 707. The van der Waals surface area contributed by atoms with E-state index < -0.39 is 4.92 Å². The Morgan fingerprint density at radius 1 is 1.32 bits per heavy atom.